The van der Waals surface area contributed by atoms with Gasteiger partial charge < -0.3 is 10.2 Å². The summed E-state index contributed by atoms with van der Waals surface area (Å²) in [6.07, 6.45) is 0.756. The Morgan fingerprint density at radius 1 is 1.23 bits per heavy atom. The summed E-state index contributed by atoms with van der Waals surface area (Å²) < 4.78 is 0.979. The van der Waals surface area contributed by atoms with Crippen LogP contribution in [0.3, 0.4) is 0 Å². The van der Waals surface area contributed by atoms with Gasteiger partial charge in [-0.15, -0.1) is 10.2 Å². The van der Waals surface area contributed by atoms with Crippen molar-refractivity contribution in [1.82, 2.24) is 20.4 Å². The maximum Gasteiger partial charge on any atom is 0.317 e. The van der Waals surface area contributed by atoms with Crippen LogP contribution in [0, 0.1) is 5.92 Å². The molecular weight excluding hydrogens is 418 g/mol. The van der Waals surface area contributed by atoms with Crippen LogP contribution in [0.2, 0.25) is 0 Å². The van der Waals surface area contributed by atoms with Gasteiger partial charge in [0.1, 0.15) is 11.0 Å². The van der Waals surface area contributed by atoms with Crippen LogP contribution in [0.5, 0.6) is 0 Å². The zero-order chi connectivity index (χ0) is 19.3. The predicted octanol–water partition coefficient (Wildman–Crippen LogP) is 3.59. The molecule has 0 spiro atoms. The minimum Gasteiger partial charge on any atom is -0.331 e. The van der Waals surface area contributed by atoms with Crippen LogP contribution >= 0.6 is 27.3 Å². The van der Waals surface area contributed by atoms with Crippen LogP contribution in [-0.2, 0) is 4.79 Å². The largest absolute Gasteiger partial charge is 0.331 e. The lowest BCUT2D eigenvalue weighted by Gasteiger charge is -2.24. The Bertz CT molecular complexity index is 763. The molecule has 9 heteroatoms. The van der Waals surface area contributed by atoms with E-state index in [1.807, 2.05) is 38.1 Å². The molecule has 2 N–H and O–H groups in total. The molecule has 1 aromatic carbocycles. The van der Waals surface area contributed by atoms with E-state index in [4.69, 9.17) is 0 Å². The van der Waals surface area contributed by atoms with Crippen molar-refractivity contribution in [2.45, 2.75) is 26.3 Å². The molecule has 0 aliphatic carbocycles. The highest BCUT2D eigenvalue weighted by Crippen LogP contribution is 2.27. The van der Waals surface area contributed by atoms with E-state index in [2.05, 4.69) is 36.8 Å². The summed E-state index contributed by atoms with van der Waals surface area (Å²) >= 11 is 4.68. The number of urea groups is 1. The van der Waals surface area contributed by atoms with Gasteiger partial charge in [-0.05, 0) is 18.1 Å². The Balaban J connectivity index is 2.11. The number of aromatic nitrogens is 2. The predicted molar refractivity (Wildman–Crippen MR) is 107 cm³/mol. The quantitative estimate of drug-likeness (QED) is 0.719. The average Bonchev–Trinajstić information content (AvgIpc) is 3.07. The van der Waals surface area contributed by atoms with Gasteiger partial charge in [0.2, 0.25) is 11.0 Å². The van der Waals surface area contributed by atoms with E-state index >= 15 is 0 Å². The number of amides is 3. The molecule has 2 atom stereocenters. The topological polar surface area (TPSA) is 87.2 Å². The Morgan fingerprint density at radius 3 is 2.46 bits per heavy atom. The van der Waals surface area contributed by atoms with Gasteiger partial charge in [0.25, 0.3) is 0 Å². The monoisotopic (exact) mass is 439 g/mol. The van der Waals surface area contributed by atoms with E-state index < -0.39 is 6.04 Å². The second-order valence-electron chi connectivity index (χ2n) is 6.12. The van der Waals surface area contributed by atoms with Crippen molar-refractivity contribution in [3.05, 3.63) is 28.7 Å². The Morgan fingerprint density at radius 2 is 1.88 bits per heavy atom. The molecule has 0 saturated heterocycles. The van der Waals surface area contributed by atoms with Crippen LogP contribution in [0.4, 0.5) is 9.93 Å². The number of rotatable bonds is 6. The number of hydrogen-bond acceptors (Lipinski definition) is 5. The van der Waals surface area contributed by atoms with E-state index in [1.165, 1.54) is 16.2 Å². The van der Waals surface area contributed by atoms with Crippen LogP contribution in [0.1, 0.15) is 20.3 Å². The number of carbonyl (C=O) groups is 2. The lowest BCUT2D eigenvalue weighted by atomic mass is 9.98. The summed E-state index contributed by atoms with van der Waals surface area (Å²) in [6, 6.07) is 6.74. The van der Waals surface area contributed by atoms with Crippen molar-refractivity contribution in [3.8, 4) is 10.6 Å². The van der Waals surface area contributed by atoms with E-state index in [0.29, 0.717) is 10.1 Å². The first-order chi connectivity index (χ1) is 12.3. The molecular formula is C17H22BrN5O2S. The fraction of sp³-hybridized carbons (Fsp3) is 0.412. The summed E-state index contributed by atoms with van der Waals surface area (Å²) in [4.78, 5) is 26.0. The van der Waals surface area contributed by atoms with Crippen molar-refractivity contribution < 1.29 is 9.59 Å². The third kappa shape index (κ3) is 5.25. The van der Waals surface area contributed by atoms with Gasteiger partial charge in [0.15, 0.2) is 0 Å². The molecule has 140 valence electrons. The molecule has 7 nitrogen and oxygen atoms in total. The Kier molecular flexibility index (Phi) is 7.10. The molecule has 2 rings (SSSR count). The van der Waals surface area contributed by atoms with Crippen molar-refractivity contribution >= 4 is 44.3 Å². The summed E-state index contributed by atoms with van der Waals surface area (Å²) in [5.41, 5.74) is 0.922. The van der Waals surface area contributed by atoms with Crippen LogP contribution in [0.25, 0.3) is 10.6 Å². The van der Waals surface area contributed by atoms with Crippen LogP contribution < -0.4 is 10.6 Å². The normalized spacial score (nSPS) is 13.0. The molecule has 0 bridgehead atoms. The molecule has 0 aliphatic heterocycles. The van der Waals surface area contributed by atoms with Gasteiger partial charge >= 0.3 is 6.03 Å². The van der Waals surface area contributed by atoms with Crippen molar-refractivity contribution in [2.24, 2.45) is 5.92 Å². The molecule has 1 aromatic heterocycles. The zero-order valence-electron chi connectivity index (χ0n) is 15.1. The minimum absolute atomic E-state index is 0.0160. The van der Waals surface area contributed by atoms with Crippen molar-refractivity contribution in [1.29, 1.82) is 0 Å². The van der Waals surface area contributed by atoms with Crippen LogP contribution in [-0.4, -0.2) is 47.2 Å². The van der Waals surface area contributed by atoms with Gasteiger partial charge in [-0.2, -0.15) is 0 Å². The molecule has 26 heavy (non-hydrogen) atoms. The van der Waals surface area contributed by atoms with E-state index in [9.17, 15) is 9.59 Å². The molecule has 0 radical (unpaired) electrons. The van der Waals surface area contributed by atoms with Crippen molar-refractivity contribution in [3.63, 3.8) is 0 Å². The third-order valence-electron chi connectivity index (χ3n) is 3.93. The lowest BCUT2D eigenvalue weighted by molar-refractivity contribution is -0.119. The smallest absolute Gasteiger partial charge is 0.317 e. The van der Waals surface area contributed by atoms with Gasteiger partial charge in [-0.1, -0.05) is 59.7 Å². The number of halogens is 1. The SMILES string of the molecule is CCC(C)C(NC(=O)N(C)C)C(=O)Nc1nnc(-c2ccc(Br)cc2)s1. The first kappa shape index (κ1) is 20.3. The maximum atomic E-state index is 12.6. The second kappa shape index (κ2) is 9.09. The summed E-state index contributed by atoms with van der Waals surface area (Å²) in [5, 5.41) is 14.8. The van der Waals surface area contributed by atoms with Gasteiger partial charge in [-0.3, -0.25) is 10.1 Å². The molecule has 3 amide bonds. The van der Waals surface area contributed by atoms with Gasteiger partial charge in [0, 0.05) is 24.1 Å². The standard InChI is InChI=1S/C17H22BrN5O2S/c1-5-10(2)13(19-17(25)23(3)4)14(24)20-16-22-21-15(26-16)11-6-8-12(18)9-7-11/h6-10,13H,5H2,1-4H3,(H,19,25)(H,20,22,24). The molecule has 0 fully saturated rings. The molecule has 2 unspecified atom stereocenters. The highest BCUT2D eigenvalue weighted by atomic mass is 79.9. The zero-order valence-corrected chi connectivity index (χ0v) is 17.5. The van der Waals surface area contributed by atoms with Gasteiger partial charge in [-0.25, -0.2) is 4.79 Å². The summed E-state index contributed by atoms with van der Waals surface area (Å²) in [5.74, 6) is -0.314. The number of hydrogen-bond donors (Lipinski definition) is 2. The first-order valence-electron chi connectivity index (χ1n) is 8.20. The van der Waals surface area contributed by atoms with Crippen molar-refractivity contribution in [2.75, 3.05) is 19.4 Å². The number of nitrogens with one attached hydrogen (secondary N) is 2. The van der Waals surface area contributed by atoms with Crippen LogP contribution in [0.15, 0.2) is 28.7 Å². The summed E-state index contributed by atoms with van der Waals surface area (Å²) in [6.45, 7) is 3.90. The van der Waals surface area contributed by atoms with E-state index in [-0.39, 0.29) is 17.9 Å². The van der Waals surface area contributed by atoms with E-state index in [0.717, 1.165) is 16.5 Å². The molecule has 0 aliphatic rings. The number of carbonyl (C=O) groups excluding carboxylic acids is 2. The number of nitrogens with zero attached hydrogens (tertiary/aromatic N) is 3. The maximum absolute atomic E-state index is 12.6. The fourth-order valence-corrected chi connectivity index (χ4v) is 3.15. The minimum atomic E-state index is -0.644. The van der Waals surface area contributed by atoms with E-state index in [1.54, 1.807) is 14.1 Å². The Labute approximate surface area is 165 Å². The molecule has 0 saturated carbocycles. The summed E-state index contributed by atoms with van der Waals surface area (Å²) in [7, 11) is 3.27. The third-order valence-corrected chi connectivity index (χ3v) is 5.34. The first-order valence-corrected chi connectivity index (χ1v) is 9.80. The molecule has 2 aromatic rings. The molecule has 1 heterocycles. The Hall–Kier alpha value is -2.00. The number of anilines is 1. The second-order valence-corrected chi connectivity index (χ2v) is 8.01. The average molecular weight is 440 g/mol. The van der Waals surface area contributed by atoms with Gasteiger partial charge in [0.05, 0.1) is 0 Å². The highest BCUT2D eigenvalue weighted by molar-refractivity contribution is 9.10. The highest BCUT2D eigenvalue weighted by Gasteiger charge is 2.27. The lowest BCUT2D eigenvalue weighted by Crippen LogP contribution is -2.50. The number of benzene rings is 1. The fourth-order valence-electron chi connectivity index (χ4n) is 2.13.